The average molecular weight is 376 g/mol. The molecular weight excluding hydrogens is 360 g/mol. The molecule has 140 valence electrons. The van der Waals surface area contributed by atoms with Crippen LogP contribution in [0.2, 0.25) is 0 Å². The molecule has 0 N–H and O–H groups in total. The van der Waals surface area contributed by atoms with Gasteiger partial charge in [-0.15, -0.1) is 0 Å². The largest absolute Gasteiger partial charge is 0.406 e. The molecule has 8 heteroatoms. The van der Waals surface area contributed by atoms with Crippen LogP contribution in [0.4, 0.5) is 17.6 Å². The SMILES string of the molecule is CC1=CC(c2ccc(F)c(C#N)c2)=NC2=CCN(C(C3CC3)C(F)(F)F)N12. The second kappa shape index (κ2) is 6.20. The molecule has 1 aliphatic carbocycles. The van der Waals surface area contributed by atoms with Crippen LogP contribution in [0, 0.1) is 23.1 Å². The maximum Gasteiger partial charge on any atom is 0.406 e. The van der Waals surface area contributed by atoms with Crippen molar-refractivity contribution in [3.05, 3.63) is 58.8 Å². The van der Waals surface area contributed by atoms with E-state index in [4.69, 9.17) is 5.26 Å². The molecule has 0 amide bonds. The predicted molar refractivity (Wildman–Crippen MR) is 90.6 cm³/mol. The number of halogens is 4. The lowest BCUT2D eigenvalue weighted by Crippen LogP contribution is -2.52. The molecule has 1 aromatic carbocycles. The van der Waals surface area contributed by atoms with E-state index >= 15 is 0 Å². The molecule has 1 saturated carbocycles. The summed E-state index contributed by atoms with van der Waals surface area (Å²) < 4.78 is 54.3. The number of hydrogen-bond donors (Lipinski definition) is 0. The van der Waals surface area contributed by atoms with Gasteiger partial charge in [-0.25, -0.2) is 9.38 Å². The summed E-state index contributed by atoms with van der Waals surface area (Å²) in [5.74, 6) is -0.586. The third-order valence-corrected chi connectivity index (χ3v) is 4.96. The van der Waals surface area contributed by atoms with Gasteiger partial charge in [-0.2, -0.15) is 23.4 Å². The highest BCUT2D eigenvalue weighted by Gasteiger charge is 2.54. The van der Waals surface area contributed by atoms with Crippen LogP contribution in [-0.4, -0.2) is 34.5 Å². The van der Waals surface area contributed by atoms with E-state index in [0.717, 1.165) is 0 Å². The van der Waals surface area contributed by atoms with Gasteiger partial charge in [-0.05, 0) is 56.0 Å². The Morgan fingerprint density at radius 2 is 2.04 bits per heavy atom. The Hall–Kier alpha value is -2.66. The van der Waals surface area contributed by atoms with Gasteiger partial charge in [0.15, 0.2) is 0 Å². The fraction of sp³-hybridized carbons (Fsp3) is 0.368. The highest BCUT2D eigenvalue weighted by atomic mass is 19.4. The van der Waals surface area contributed by atoms with Crippen LogP contribution in [0.15, 0.2) is 46.9 Å². The van der Waals surface area contributed by atoms with E-state index in [1.807, 2.05) is 0 Å². The van der Waals surface area contributed by atoms with E-state index in [1.54, 1.807) is 25.1 Å². The number of allylic oxidation sites excluding steroid dienone is 2. The highest BCUT2D eigenvalue weighted by Crippen LogP contribution is 2.46. The molecule has 1 aromatic rings. The molecule has 2 aliphatic heterocycles. The summed E-state index contributed by atoms with van der Waals surface area (Å²) in [7, 11) is 0. The molecule has 0 spiro atoms. The second-order valence-electron chi connectivity index (χ2n) is 6.91. The second-order valence-corrected chi connectivity index (χ2v) is 6.91. The monoisotopic (exact) mass is 376 g/mol. The molecule has 4 nitrogen and oxygen atoms in total. The van der Waals surface area contributed by atoms with Crippen LogP contribution in [0.25, 0.3) is 0 Å². The van der Waals surface area contributed by atoms with Gasteiger partial charge >= 0.3 is 6.18 Å². The van der Waals surface area contributed by atoms with E-state index in [1.165, 1.54) is 28.2 Å². The number of alkyl halides is 3. The molecule has 0 bridgehead atoms. The van der Waals surface area contributed by atoms with Crippen LogP contribution < -0.4 is 0 Å². The van der Waals surface area contributed by atoms with Crippen molar-refractivity contribution in [2.24, 2.45) is 10.9 Å². The number of benzene rings is 1. The molecule has 1 unspecified atom stereocenters. The van der Waals surface area contributed by atoms with Crippen LogP contribution >= 0.6 is 0 Å². The first-order chi connectivity index (χ1) is 12.8. The first-order valence-electron chi connectivity index (χ1n) is 8.60. The zero-order chi connectivity index (χ0) is 19.3. The Kier molecular flexibility index (Phi) is 4.07. The molecule has 1 fully saturated rings. The Bertz CT molecular complexity index is 919. The predicted octanol–water partition coefficient (Wildman–Crippen LogP) is 4.12. The zero-order valence-electron chi connectivity index (χ0n) is 14.5. The van der Waals surface area contributed by atoms with E-state index in [-0.39, 0.29) is 18.0 Å². The maximum atomic E-state index is 13.6. The lowest BCUT2D eigenvalue weighted by molar-refractivity contribution is -0.212. The van der Waals surface area contributed by atoms with Crippen LogP contribution in [0.1, 0.15) is 30.9 Å². The molecule has 0 saturated heterocycles. The molecule has 0 aromatic heterocycles. The fourth-order valence-corrected chi connectivity index (χ4v) is 3.61. The Morgan fingerprint density at radius 3 is 2.67 bits per heavy atom. The summed E-state index contributed by atoms with van der Waals surface area (Å²) >= 11 is 0. The number of rotatable bonds is 3. The molecule has 2 heterocycles. The van der Waals surface area contributed by atoms with Gasteiger partial charge < -0.3 is 0 Å². The van der Waals surface area contributed by atoms with Crippen molar-refractivity contribution in [3.63, 3.8) is 0 Å². The number of fused-ring (bicyclic) bond motifs is 1. The van der Waals surface area contributed by atoms with Crippen molar-refractivity contribution in [1.29, 1.82) is 5.26 Å². The standard InChI is InChI=1S/C19H16F4N4/c1-11-8-16(13-4-5-15(20)14(9-13)10-24)25-17-6-7-26(27(11)17)18(12-2-3-12)19(21,22)23/h4-6,8-9,12,18H,2-3,7H2,1H3. The summed E-state index contributed by atoms with van der Waals surface area (Å²) in [6, 6.07) is 4.34. The number of aliphatic imine (C=N–C) groups is 1. The normalized spacial score (nSPS) is 21.2. The Labute approximate surface area is 153 Å². The van der Waals surface area contributed by atoms with Crippen molar-refractivity contribution >= 4 is 5.71 Å². The molecule has 3 aliphatic rings. The van der Waals surface area contributed by atoms with Gasteiger partial charge in [0.25, 0.3) is 0 Å². The lowest BCUT2D eigenvalue weighted by Gasteiger charge is -2.39. The van der Waals surface area contributed by atoms with Gasteiger partial charge in [0, 0.05) is 17.8 Å². The molecular formula is C19H16F4N4. The smallest absolute Gasteiger partial charge is 0.261 e. The summed E-state index contributed by atoms with van der Waals surface area (Å²) in [5.41, 5.74) is 1.53. The minimum atomic E-state index is -4.31. The number of nitriles is 1. The number of hydrazine groups is 1. The third-order valence-electron chi connectivity index (χ3n) is 4.96. The minimum absolute atomic E-state index is 0.100. The van der Waals surface area contributed by atoms with Gasteiger partial charge in [0.1, 0.15) is 23.7 Å². The van der Waals surface area contributed by atoms with Gasteiger partial charge in [0.05, 0.1) is 11.3 Å². The lowest BCUT2D eigenvalue weighted by atomic mass is 10.0. The van der Waals surface area contributed by atoms with Crippen LogP contribution in [0.5, 0.6) is 0 Å². The summed E-state index contributed by atoms with van der Waals surface area (Å²) in [5, 5.41) is 11.8. The van der Waals surface area contributed by atoms with Gasteiger partial charge in [-0.3, -0.25) is 5.01 Å². The molecule has 1 atom stereocenters. The van der Waals surface area contributed by atoms with Crippen molar-refractivity contribution in [2.75, 3.05) is 6.54 Å². The van der Waals surface area contributed by atoms with Gasteiger partial charge in [0.2, 0.25) is 0 Å². The maximum absolute atomic E-state index is 13.6. The van der Waals surface area contributed by atoms with Gasteiger partial charge in [-0.1, -0.05) is 0 Å². The van der Waals surface area contributed by atoms with E-state index in [9.17, 15) is 17.6 Å². The van der Waals surface area contributed by atoms with Crippen LogP contribution in [0.3, 0.4) is 0 Å². The van der Waals surface area contributed by atoms with E-state index in [0.29, 0.717) is 35.6 Å². The van der Waals surface area contributed by atoms with E-state index < -0.39 is 18.0 Å². The number of hydrogen-bond acceptors (Lipinski definition) is 4. The molecule has 0 radical (unpaired) electrons. The summed E-state index contributed by atoms with van der Waals surface area (Å²) in [4.78, 5) is 4.45. The third kappa shape index (κ3) is 3.12. The van der Waals surface area contributed by atoms with Crippen molar-refractivity contribution in [3.8, 4) is 6.07 Å². The van der Waals surface area contributed by atoms with Crippen molar-refractivity contribution in [2.45, 2.75) is 32.0 Å². The summed E-state index contributed by atoms with van der Waals surface area (Å²) in [6.07, 6.45) is 0.158. The number of nitrogens with zero attached hydrogens (tertiary/aromatic N) is 4. The van der Waals surface area contributed by atoms with Crippen molar-refractivity contribution < 1.29 is 17.6 Å². The minimum Gasteiger partial charge on any atom is -0.261 e. The summed E-state index contributed by atoms with van der Waals surface area (Å²) in [6.45, 7) is 1.85. The average Bonchev–Trinajstić information content (AvgIpc) is 3.33. The molecule has 4 rings (SSSR count). The molecule has 27 heavy (non-hydrogen) atoms. The first kappa shape index (κ1) is 17.7. The van der Waals surface area contributed by atoms with Crippen molar-refractivity contribution in [1.82, 2.24) is 10.0 Å². The van der Waals surface area contributed by atoms with Crippen LogP contribution in [-0.2, 0) is 0 Å². The first-order valence-corrected chi connectivity index (χ1v) is 8.60. The zero-order valence-corrected chi connectivity index (χ0v) is 14.5. The Morgan fingerprint density at radius 1 is 1.30 bits per heavy atom. The Balaban J connectivity index is 1.66. The topological polar surface area (TPSA) is 42.6 Å². The quantitative estimate of drug-likeness (QED) is 0.746. The van der Waals surface area contributed by atoms with E-state index in [2.05, 4.69) is 4.99 Å². The fourth-order valence-electron chi connectivity index (χ4n) is 3.61. The highest BCUT2D eigenvalue weighted by molar-refractivity contribution is 6.10.